The van der Waals surface area contributed by atoms with Crippen molar-refractivity contribution in [3.8, 4) is 5.75 Å². The summed E-state index contributed by atoms with van der Waals surface area (Å²) in [7, 11) is 0. The van der Waals surface area contributed by atoms with Crippen LogP contribution in [0.5, 0.6) is 5.75 Å². The first-order chi connectivity index (χ1) is 12.9. The maximum Gasteiger partial charge on any atom is 0.323 e. The van der Waals surface area contributed by atoms with E-state index >= 15 is 0 Å². The molecule has 0 saturated carbocycles. The maximum absolute atomic E-state index is 13.3. The number of rotatable bonds is 6. The van der Waals surface area contributed by atoms with Crippen LogP contribution in [0.3, 0.4) is 0 Å². The SMILES string of the molecule is O=C(O)CN1C(=O)S/C(=C/c2ccccc2OCc2cccc(F)c2)C1=O. The van der Waals surface area contributed by atoms with Gasteiger partial charge in [-0.15, -0.1) is 0 Å². The van der Waals surface area contributed by atoms with Crippen molar-refractivity contribution < 1.29 is 28.6 Å². The van der Waals surface area contributed by atoms with Gasteiger partial charge in [0.1, 0.15) is 24.7 Å². The number of hydrogen-bond donors (Lipinski definition) is 1. The van der Waals surface area contributed by atoms with E-state index in [1.807, 2.05) is 0 Å². The number of benzene rings is 2. The number of thioether (sulfide) groups is 1. The standard InChI is InChI=1S/C19H14FNO5S/c20-14-6-3-4-12(8-14)11-26-15-7-2-1-5-13(15)9-16-18(24)21(10-17(22)23)19(25)27-16/h1-9H,10-11H2,(H,22,23)/b16-9+. The Kier molecular flexibility index (Phi) is 5.56. The van der Waals surface area contributed by atoms with Crippen LogP contribution in [-0.2, 0) is 16.2 Å². The van der Waals surface area contributed by atoms with E-state index in [1.165, 1.54) is 18.2 Å². The largest absolute Gasteiger partial charge is 0.488 e. The molecule has 1 fully saturated rings. The maximum atomic E-state index is 13.3. The molecule has 8 heteroatoms. The number of amides is 2. The predicted octanol–water partition coefficient (Wildman–Crippen LogP) is 3.53. The summed E-state index contributed by atoms with van der Waals surface area (Å²) in [6.45, 7) is -0.553. The van der Waals surface area contributed by atoms with Gasteiger partial charge in [-0.25, -0.2) is 4.39 Å². The van der Waals surface area contributed by atoms with Gasteiger partial charge >= 0.3 is 5.97 Å². The molecular weight excluding hydrogens is 373 g/mol. The summed E-state index contributed by atoms with van der Waals surface area (Å²) < 4.78 is 19.0. The summed E-state index contributed by atoms with van der Waals surface area (Å²) >= 11 is 0.674. The molecule has 2 aromatic carbocycles. The summed E-state index contributed by atoms with van der Waals surface area (Å²) in [4.78, 5) is 35.7. The van der Waals surface area contributed by atoms with E-state index in [-0.39, 0.29) is 17.3 Å². The molecule has 1 heterocycles. The first-order valence-corrected chi connectivity index (χ1v) is 8.69. The first kappa shape index (κ1) is 18.7. The summed E-state index contributed by atoms with van der Waals surface area (Å²) in [5.74, 6) is -1.84. The summed E-state index contributed by atoms with van der Waals surface area (Å²) in [6.07, 6.45) is 1.48. The average molecular weight is 387 g/mol. The van der Waals surface area contributed by atoms with Gasteiger partial charge in [0.25, 0.3) is 11.1 Å². The second-order valence-corrected chi connectivity index (χ2v) is 6.61. The van der Waals surface area contributed by atoms with Crippen LogP contribution in [0.15, 0.2) is 53.4 Å². The molecule has 1 aliphatic heterocycles. The van der Waals surface area contributed by atoms with Crippen LogP contribution in [0.2, 0.25) is 0 Å². The molecule has 1 N–H and O–H groups in total. The monoisotopic (exact) mass is 387 g/mol. The Morgan fingerprint density at radius 1 is 1.19 bits per heavy atom. The third-order valence-electron chi connectivity index (χ3n) is 3.66. The van der Waals surface area contributed by atoms with Crippen molar-refractivity contribution >= 4 is 35.0 Å². The molecule has 0 aromatic heterocycles. The molecule has 2 aromatic rings. The summed E-state index contributed by atoms with van der Waals surface area (Å²) in [5.41, 5.74) is 1.20. The van der Waals surface area contributed by atoms with Gasteiger partial charge in [-0.2, -0.15) is 0 Å². The number of hydrogen-bond acceptors (Lipinski definition) is 5. The van der Waals surface area contributed by atoms with Gasteiger partial charge in [0.05, 0.1) is 4.91 Å². The van der Waals surface area contributed by atoms with Gasteiger partial charge in [0.2, 0.25) is 0 Å². The van der Waals surface area contributed by atoms with Crippen LogP contribution >= 0.6 is 11.8 Å². The van der Waals surface area contributed by atoms with Crippen molar-refractivity contribution in [3.63, 3.8) is 0 Å². The Morgan fingerprint density at radius 3 is 2.70 bits per heavy atom. The molecule has 27 heavy (non-hydrogen) atoms. The molecule has 1 aliphatic rings. The zero-order valence-corrected chi connectivity index (χ0v) is 14.7. The third kappa shape index (κ3) is 4.53. The molecule has 6 nitrogen and oxygen atoms in total. The number of halogens is 1. The number of carboxylic acid groups (broad SMARTS) is 1. The van der Waals surface area contributed by atoms with E-state index in [2.05, 4.69) is 0 Å². The highest BCUT2D eigenvalue weighted by Crippen LogP contribution is 2.33. The van der Waals surface area contributed by atoms with Crippen LogP contribution in [0.4, 0.5) is 9.18 Å². The fourth-order valence-corrected chi connectivity index (χ4v) is 3.26. The molecule has 1 saturated heterocycles. The molecule has 0 spiro atoms. The summed E-state index contributed by atoms with van der Waals surface area (Å²) in [5, 5.41) is 8.17. The number of carbonyl (C=O) groups is 3. The van der Waals surface area contributed by atoms with E-state index in [1.54, 1.807) is 36.4 Å². The predicted molar refractivity (Wildman–Crippen MR) is 97.5 cm³/mol. The van der Waals surface area contributed by atoms with Crippen LogP contribution < -0.4 is 4.74 Å². The number of imide groups is 1. The number of para-hydroxylation sites is 1. The van der Waals surface area contributed by atoms with Gasteiger partial charge in [-0.3, -0.25) is 19.3 Å². The lowest BCUT2D eigenvalue weighted by Gasteiger charge is -2.10. The van der Waals surface area contributed by atoms with Crippen molar-refractivity contribution in [2.45, 2.75) is 6.61 Å². The Morgan fingerprint density at radius 2 is 1.96 bits per heavy atom. The smallest absolute Gasteiger partial charge is 0.323 e. The number of carbonyl (C=O) groups excluding carboxylic acids is 2. The second-order valence-electron chi connectivity index (χ2n) is 5.62. The normalized spacial score (nSPS) is 15.4. The fourth-order valence-electron chi connectivity index (χ4n) is 2.43. The number of nitrogens with zero attached hydrogens (tertiary/aromatic N) is 1. The van der Waals surface area contributed by atoms with Gasteiger partial charge in [0.15, 0.2) is 0 Å². The average Bonchev–Trinajstić information content (AvgIpc) is 2.88. The molecule has 3 rings (SSSR count). The van der Waals surface area contributed by atoms with Crippen LogP contribution in [0.25, 0.3) is 6.08 Å². The lowest BCUT2D eigenvalue weighted by atomic mass is 10.1. The molecule has 0 aliphatic carbocycles. The molecule has 0 bridgehead atoms. The molecule has 0 radical (unpaired) electrons. The van der Waals surface area contributed by atoms with E-state index in [0.717, 1.165) is 0 Å². The first-order valence-electron chi connectivity index (χ1n) is 7.87. The Labute approximate surface area is 158 Å². The van der Waals surface area contributed by atoms with Gasteiger partial charge in [-0.05, 0) is 41.6 Å². The Balaban J connectivity index is 1.80. The number of carboxylic acids is 1. The minimum Gasteiger partial charge on any atom is -0.488 e. The molecule has 138 valence electrons. The lowest BCUT2D eigenvalue weighted by Crippen LogP contribution is -2.33. The van der Waals surface area contributed by atoms with Crippen molar-refractivity contribution in [3.05, 3.63) is 70.4 Å². The zero-order valence-electron chi connectivity index (χ0n) is 13.9. The topological polar surface area (TPSA) is 83.9 Å². The van der Waals surface area contributed by atoms with Crippen LogP contribution in [0.1, 0.15) is 11.1 Å². The fraction of sp³-hybridized carbons (Fsp3) is 0.105. The molecule has 0 unspecified atom stereocenters. The summed E-state index contributed by atoms with van der Waals surface area (Å²) in [6, 6.07) is 12.9. The van der Waals surface area contributed by atoms with Crippen LogP contribution in [0, 0.1) is 5.82 Å². The highest BCUT2D eigenvalue weighted by atomic mass is 32.2. The van der Waals surface area contributed by atoms with Gasteiger partial charge in [0, 0.05) is 5.56 Å². The van der Waals surface area contributed by atoms with E-state index in [0.29, 0.717) is 33.5 Å². The van der Waals surface area contributed by atoms with Crippen molar-refractivity contribution in [2.24, 2.45) is 0 Å². The zero-order chi connectivity index (χ0) is 19.4. The van der Waals surface area contributed by atoms with Gasteiger partial charge < -0.3 is 9.84 Å². The molecular formula is C19H14FNO5S. The van der Waals surface area contributed by atoms with E-state index in [9.17, 15) is 18.8 Å². The number of ether oxygens (including phenoxy) is 1. The minimum absolute atomic E-state index is 0.114. The molecule has 0 atom stereocenters. The van der Waals surface area contributed by atoms with Crippen molar-refractivity contribution in [1.29, 1.82) is 0 Å². The minimum atomic E-state index is -1.27. The highest BCUT2D eigenvalue weighted by molar-refractivity contribution is 8.18. The van der Waals surface area contributed by atoms with E-state index < -0.39 is 23.7 Å². The van der Waals surface area contributed by atoms with Crippen molar-refractivity contribution in [2.75, 3.05) is 6.54 Å². The Bertz CT molecular complexity index is 943. The van der Waals surface area contributed by atoms with Crippen molar-refractivity contribution in [1.82, 2.24) is 4.90 Å². The highest BCUT2D eigenvalue weighted by Gasteiger charge is 2.36. The number of aliphatic carboxylic acids is 1. The third-order valence-corrected chi connectivity index (χ3v) is 4.56. The van der Waals surface area contributed by atoms with E-state index in [4.69, 9.17) is 9.84 Å². The van der Waals surface area contributed by atoms with Gasteiger partial charge in [-0.1, -0.05) is 30.3 Å². The lowest BCUT2D eigenvalue weighted by molar-refractivity contribution is -0.140. The van der Waals surface area contributed by atoms with Crippen LogP contribution in [-0.4, -0.2) is 33.7 Å². The second kappa shape index (κ2) is 8.05. The Hall–Kier alpha value is -3.13. The molecule has 2 amide bonds. The quantitative estimate of drug-likeness (QED) is 0.764.